The highest BCUT2D eigenvalue weighted by Crippen LogP contribution is 2.34. The van der Waals surface area contributed by atoms with Crippen molar-refractivity contribution in [1.29, 1.82) is 0 Å². The molecule has 0 fully saturated rings. The smallest absolute Gasteiger partial charge is 0.340 e. The van der Waals surface area contributed by atoms with Crippen LogP contribution in [0, 0.1) is 5.82 Å². The second-order valence-electron chi connectivity index (χ2n) is 7.30. The van der Waals surface area contributed by atoms with Crippen LogP contribution in [0.4, 0.5) is 10.1 Å². The Hall–Kier alpha value is -4.34. The van der Waals surface area contributed by atoms with Crippen molar-refractivity contribution < 1.29 is 37.4 Å². The molecule has 0 aliphatic rings. The first-order valence-electron chi connectivity index (χ1n) is 10.7. The molecule has 0 saturated heterocycles. The Morgan fingerprint density at radius 2 is 1.77 bits per heavy atom. The molecule has 0 unspecified atom stereocenters. The molecule has 9 nitrogen and oxygen atoms in total. The van der Waals surface area contributed by atoms with Gasteiger partial charge in [0, 0.05) is 25.2 Å². The lowest BCUT2D eigenvalue weighted by molar-refractivity contribution is -0.134. The molecular weight excluding hydrogens is 459 g/mol. The summed E-state index contributed by atoms with van der Waals surface area (Å²) < 4.78 is 34.3. The van der Waals surface area contributed by atoms with Gasteiger partial charge in [0.05, 0.1) is 31.7 Å². The second kappa shape index (κ2) is 11.7. The van der Waals surface area contributed by atoms with Gasteiger partial charge in [-0.2, -0.15) is 0 Å². The molecule has 3 aromatic rings. The zero-order valence-corrected chi connectivity index (χ0v) is 19.5. The minimum atomic E-state index is -0.865. The molecule has 0 atom stereocenters. The number of carbonyl (C=O) groups excluding carboxylic acids is 3. The Balaban J connectivity index is 1.76. The molecule has 10 heteroatoms. The molecule has 1 heterocycles. The van der Waals surface area contributed by atoms with Crippen LogP contribution in [0.25, 0.3) is 0 Å². The van der Waals surface area contributed by atoms with Gasteiger partial charge in [-0.3, -0.25) is 9.59 Å². The van der Waals surface area contributed by atoms with Crippen molar-refractivity contribution in [3.63, 3.8) is 0 Å². The van der Waals surface area contributed by atoms with Crippen molar-refractivity contribution in [3.05, 3.63) is 77.5 Å². The van der Waals surface area contributed by atoms with E-state index in [9.17, 15) is 18.8 Å². The number of rotatable bonds is 10. The van der Waals surface area contributed by atoms with E-state index in [0.717, 1.165) is 0 Å². The minimum Gasteiger partial charge on any atom is -0.493 e. The normalized spacial score (nSPS) is 10.4. The van der Waals surface area contributed by atoms with Crippen LogP contribution in [-0.2, 0) is 16.1 Å². The SMILES string of the molecule is CCN(Cc1cccc(F)c1)C(=O)COC(=O)c1cc(OC)c(OC)cc1NC(=O)c1ccco1. The predicted octanol–water partition coefficient (Wildman–Crippen LogP) is 3.89. The number of anilines is 1. The number of furan rings is 1. The maximum atomic E-state index is 13.5. The molecular formula is C25H25FN2O7. The Labute approximate surface area is 201 Å². The molecule has 0 saturated carbocycles. The Morgan fingerprint density at radius 3 is 2.40 bits per heavy atom. The third kappa shape index (κ3) is 6.38. The number of hydrogen-bond acceptors (Lipinski definition) is 7. The van der Waals surface area contributed by atoms with Crippen LogP contribution in [0.15, 0.2) is 59.2 Å². The van der Waals surface area contributed by atoms with E-state index in [1.54, 1.807) is 25.1 Å². The first-order chi connectivity index (χ1) is 16.9. The molecule has 0 aliphatic carbocycles. The maximum absolute atomic E-state index is 13.5. The number of nitrogens with one attached hydrogen (secondary N) is 1. The third-order valence-corrected chi connectivity index (χ3v) is 5.06. The van der Waals surface area contributed by atoms with Crippen LogP contribution in [0.5, 0.6) is 11.5 Å². The number of amides is 2. The molecule has 184 valence electrons. The first-order valence-corrected chi connectivity index (χ1v) is 10.7. The summed E-state index contributed by atoms with van der Waals surface area (Å²) in [5.41, 5.74) is 0.631. The van der Waals surface area contributed by atoms with Crippen LogP contribution in [0.2, 0.25) is 0 Å². The van der Waals surface area contributed by atoms with Gasteiger partial charge in [-0.25, -0.2) is 9.18 Å². The van der Waals surface area contributed by atoms with Crippen molar-refractivity contribution in [2.45, 2.75) is 13.5 Å². The van der Waals surface area contributed by atoms with Crippen LogP contribution in [0.1, 0.15) is 33.4 Å². The summed E-state index contributed by atoms with van der Waals surface area (Å²) in [6.07, 6.45) is 1.34. The van der Waals surface area contributed by atoms with E-state index in [4.69, 9.17) is 18.6 Å². The summed E-state index contributed by atoms with van der Waals surface area (Å²) in [4.78, 5) is 39.5. The standard InChI is InChI=1S/C25H25FN2O7/c1-4-28(14-16-7-5-8-17(26)11-16)23(29)15-35-25(31)18-12-21(32-2)22(33-3)13-19(18)27-24(30)20-9-6-10-34-20/h5-13H,4,14-15H2,1-3H3,(H,27,30). The fourth-order valence-corrected chi connectivity index (χ4v) is 3.27. The topological polar surface area (TPSA) is 107 Å². The second-order valence-corrected chi connectivity index (χ2v) is 7.30. The molecule has 1 N–H and O–H groups in total. The van der Waals surface area contributed by atoms with Gasteiger partial charge in [-0.15, -0.1) is 0 Å². The van der Waals surface area contributed by atoms with Crippen LogP contribution >= 0.6 is 0 Å². The number of carbonyl (C=O) groups is 3. The molecule has 2 aromatic carbocycles. The Morgan fingerprint density at radius 1 is 1.03 bits per heavy atom. The van der Waals surface area contributed by atoms with Crippen molar-refractivity contribution >= 4 is 23.5 Å². The van der Waals surface area contributed by atoms with Crippen molar-refractivity contribution in [1.82, 2.24) is 4.90 Å². The average Bonchev–Trinajstić information content (AvgIpc) is 3.40. The van der Waals surface area contributed by atoms with E-state index in [1.165, 1.54) is 55.7 Å². The van der Waals surface area contributed by atoms with Crippen LogP contribution in [-0.4, -0.2) is 50.1 Å². The van der Waals surface area contributed by atoms with Gasteiger partial charge in [0.1, 0.15) is 5.82 Å². The van der Waals surface area contributed by atoms with Gasteiger partial charge >= 0.3 is 5.97 Å². The van der Waals surface area contributed by atoms with Gasteiger partial charge in [0.2, 0.25) is 0 Å². The Bertz CT molecular complexity index is 1190. The third-order valence-electron chi connectivity index (χ3n) is 5.06. The average molecular weight is 484 g/mol. The highest BCUT2D eigenvalue weighted by Gasteiger charge is 2.23. The van der Waals surface area contributed by atoms with E-state index in [2.05, 4.69) is 5.32 Å². The lowest BCUT2D eigenvalue weighted by Gasteiger charge is -2.21. The number of nitrogens with zero attached hydrogens (tertiary/aromatic N) is 1. The number of halogens is 1. The largest absolute Gasteiger partial charge is 0.493 e. The van der Waals surface area contributed by atoms with Gasteiger partial charge in [-0.1, -0.05) is 12.1 Å². The fraction of sp³-hybridized carbons (Fsp3) is 0.240. The minimum absolute atomic E-state index is 0.0326. The van der Waals surface area contributed by atoms with Gasteiger partial charge in [0.25, 0.3) is 11.8 Å². The number of hydrogen-bond donors (Lipinski definition) is 1. The van der Waals surface area contributed by atoms with Crippen molar-refractivity contribution in [2.75, 3.05) is 32.7 Å². The number of esters is 1. The number of likely N-dealkylation sites (N-methyl/N-ethyl adjacent to an activating group) is 1. The zero-order chi connectivity index (χ0) is 25.4. The van der Waals surface area contributed by atoms with Crippen molar-refractivity contribution in [3.8, 4) is 11.5 Å². The maximum Gasteiger partial charge on any atom is 0.340 e. The van der Waals surface area contributed by atoms with Gasteiger partial charge < -0.3 is 28.8 Å². The quantitative estimate of drug-likeness (QED) is 0.435. The summed E-state index contributed by atoms with van der Waals surface area (Å²) >= 11 is 0. The van der Waals surface area contributed by atoms with Crippen LogP contribution in [0.3, 0.4) is 0 Å². The summed E-state index contributed by atoms with van der Waals surface area (Å²) in [5.74, 6) is -1.81. The predicted molar refractivity (Wildman–Crippen MR) is 124 cm³/mol. The molecule has 0 spiro atoms. The summed E-state index contributed by atoms with van der Waals surface area (Å²) in [6.45, 7) is 1.69. The van der Waals surface area contributed by atoms with Gasteiger partial charge in [0.15, 0.2) is 23.9 Å². The lowest BCUT2D eigenvalue weighted by atomic mass is 10.1. The van der Waals surface area contributed by atoms with E-state index < -0.39 is 30.2 Å². The number of methoxy groups -OCH3 is 2. The lowest BCUT2D eigenvalue weighted by Crippen LogP contribution is -2.34. The number of ether oxygens (including phenoxy) is 3. The Kier molecular flexibility index (Phi) is 8.44. The molecule has 0 aliphatic heterocycles. The van der Waals surface area contributed by atoms with Crippen LogP contribution < -0.4 is 14.8 Å². The van der Waals surface area contributed by atoms with E-state index in [-0.39, 0.29) is 35.1 Å². The summed E-state index contributed by atoms with van der Waals surface area (Å²) in [6, 6.07) is 11.7. The molecule has 0 bridgehead atoms. The first kappa shape index (κ1) is 25.3. The summed E-state index contributed by atoms with van der Waals surface area (Å²) in [5, 5.41) is 2.58. The van der Waals surface area contributed by atoms with E-state index in [0.29, 0.717) is 12.1 Å². The molecule has 0 radical (unpaired) electrons. The molecule has 3 rings (SSSR count). The monoisotopic (exact) mass is 484 g/mol. The molecule has 2 amide bonds. The van der Waals surface area contributed by atoms with E-state index >= 15 is 0 Å². The highest BCUT2D eigenvalue weighted by molar-refractivity contribution is 6.07. The van der Waals surface area contributed by atoms with Gasteiger partial charge in [-0.05, 0) is 36.8 Å². The fourth-order valence-electron chi connectivity index (χ4n) is 3.27. The molecule has 1 aromatic heterocycles. The van der Waals surface area contributed by atoms with Crippen molar-refractivity contribution in [2.24, 2.45) is 0 Å². The van der Waals surface area contributed by atoms with E-state index in [1.807, 2.05) is 0 Å². The zero-order valence-electron chi connectivity index (χ0n) is 19.5. The molecule has 35 heavy (non-hydrogen) atoms. The summed E-state index contributed by atoms with van der Waals surface area (Å²) in [7, 11) is 2.80. The number of benzene rings is 2. The highest BCUT2D eigenvalue weighted by atomic mass is 19.1.